The van der Waals surface area contributed by atoms with E-state index in [1.165, 1.54) is 0 Å². The predicted molar refractivity (Wildman–Crippen MR) is 128 cm³/mol. The van der Waals surface area contributed by atoms with E-state index in [0.717, 1.165) is 36.5 Å². The highest BCUT2D eigenvalue weighted by molar-refractivity contribution is 14.0. The molecule has 32 heavy (non-hydrogen) atoms. The molecule has 0 aromatic heterocycles. The molecule has 1 unspecified atom stereocenters. The number of aliphatic imine (C=N–C) groups is 1. The Kier molecular flexibility index (Phi) is 10.2. The van der Waals surface area contributed by atoms with Crippen LogP contribution in [0.25, 0.3) is 0 Å². The van der Waals surface area contributed by atoms with Crippen LogP contribution in [0.4, 0.5) is 19.3 Å². The van der Waals surface area contributed by atoms with Gasteiger partial charge in [0.2, 0.25) is 5.91 Å². The van der Waals surface area contributed by atoms with Crippen LogP contribution in [0, 0.1) is 0 Å². The Labute approximate surface area is 203 Å². The molecule has 0 bridgehead atoms. The summed E-state index contributed by atoms with van der Waals surface area (Å²) in [5.74, 6) is 0.519. The van der Waals surface area contributed by atoms with Crippen molar-refractivity contribution in [3.05, 3.63) is 24.3 Å². The van der Waals surface area contributed by atoms with Crippen molar-refractivity contribution in [3.8, 4) is 5.75 Å². The van der Waals surface area contributed by atoms with Gasteiger partial charge in [0.15, 0.2) is 5.96 Å². The third kappa shape index (κ3) is 7.35. The number of piperidine rings is 1. The monoisotopic (exact) mass is 566 g/mol. The smallest absolute Gasteiger partial charge is 0.387 e. The minimum Gasteiger partial charge on any atom is -0.435 e. The maximum absolute atomic E-state index is 12.3. The molecule has 3 N–H and O–H groups in total. The van der Waals surface area contributed by atoms with Crippen molar-refractivity contribution in [1.82, 2.24) is 20.9 Å². The Morgan fingerprint density at radius 1 is 1.31 bits per heavy atom. The van der Waals surface area contributed by atoms with Gasteiger partial charge in [-0.1, -0.05) is 0 Å². The van der Waals surface area contributed by atoms with Gasteiger partial charge in [-0.15, -0.1) is 24.0 Å². The van der Waals surface area contributed by atoms with Crippen LogP contribution < -0.4 is 25.6 Å². The molecule has 0 aliphatic carbocycles. The lowest BCUT2D eigenvalue weighted by atomic mass is 10.0. The molecule has 178 valence electrons. The number of hydrogen-bond donors (Lipinski definition) is 3. The van der Waals surface area contributed by atoms with E-state index in [2.05, 4.69) is 30.6 Å². The molecule has 1 aromatic rings. The number of halogens is 3. The average molecular weight is 566 g/mol. The van der Waals surface area contributed by atoms with Gasteiger partial charge in [0.05, 0.1) is 19.6 Å². The van der Waals surface area contributed by atoms with Gasteiger partial charge in [-0.05, 0) is 44.0 Å². The third-order valence-electron chi connectivity index (χ3n) is 5.06. The number of rotatable bonds is 8. The highest BCUT2D eigenvalue weighted by Gasteiger charge is 2.27. The van der Waals surface area contributed by atoms with E-state index in [1.54, 1.807) is 24.3 Å². The van der Waals surface area contributed by atoms with Gasteiger partial charge in [-0.25, -0.2) is 4.79 Å². The number of alkyl halides is 2. The summed E-state index contributed by atoms with van der Waals surface area (Å²) >= 11 is 0. The van der Waals surface area contributed by atoms with Crippen LogP contribution in [-0.4, -0.2) is 74.7 Å². The quantitative estimate of drug-likeness (QED) is 0.193. The van der Waals surface area contributed by atoms with Crippen LogP contribution in [0.2, 0.25) is 0 Å². The molecule has 2 fully saturated rings. The maximum Gasteiger partial charge on any atom is 0.387 e. The van der Waals surface area contributed by atoms with Crippen molar-refractivity contribution >= 4 is 47.6 Å². The molecule has 1 aromatic carbocycles. The highest BCUT2D eigenvalue weighted by Crippen LogP contribution is 2.23. The molecule has 3 amide bonds. The highest BCUT2D eigenvalue weighted by atomic mass is 127. The number of hydrogen-bond acceptors (Lipinski definition) is 5. The first-order valence-corrected chi connectivity index (χ1v) is 10.4. The molecule has 0 radical (unpaired) electrons. The van der Waals surface area contributed by atoms with Crippen LogP contribution in [0.1, 0.15) is 19.8 Å². The van der Waals surface area contributed by atoms with Gasteiger partial charge in [-0.2, -0.15) is 8.78 Å². The largest absolute Gasteiger partial charge is 0.435 e. The Bertz CT molecular complexity index is 780. The molecule has 2 aliphatic rings. The van der Waals surface area contributed by atoms with Gasteiger partial charge < -0.3 is 25.6 Å². The number of guanidine groups is 1. The van der Waals surface area contributed by atoms with Gasteiger partial charge in [0, 0.05) is 31.4 Å². The van der Waals surface area contributed by atoms with Crippen molar-refractivity contribution < 1.29 is 23.1 Å². The van der Waals surface area contributed by atoms with Crippen molar-refractivity contribution in [3.63, 3.8) is 0 Å². The second kappa shape index (κ2) is 12.6. The van der Waals surface area contributed by atoms with E-state index in [4.69, 9.17) is 0 Å². The number of nitrogens with one attached hydrogen (secondary N) is 3. The molecule has 2 heterocycles. The lowest BCUT2D eigenvalue weighted by Gasteiger charge is -2.35. The van der Waals surface area contributed by atoms with Crippen molar-refractivity contribution in [2.75, 3.05) is 44.2 Å². The Balaban J connectivity index is 0.00000363. The molecule has 2 saturated heterocycles. The van der Waals surface area contributed by atoms with E-state index >= 15 is 0 Å². The van der Waals surface area contributed by atoms with Crippen LogP contribution in [0.5, 0.6) is 5.75 Å². The van der Waals surface area contributed by atoms with Crippen molar-refractivity contribution in [2.45, 2.75) is 32.4 Å². The number of anilines is 1. The Hall–Kier alpha value is -2.38. The van der Waals surface area contributed by atoms with Gasteiger partial charge >= 0.3 is 12.6 Å². The molecular weight excluding hydrogens is 537 g/mol. The molecule has 12 heteroatoms. The number of benzene rings is 1. The zero-order valence-corrected chi connectivity index (χ0v) is 20.2. The summed E-state index contributed by atoms with van der Waals surface area (Å²) in [6.45, 7) is 1.97. The molecule has 3 rings (SSSR count). The van der Waals surface area contributed by atoms with Gasteiger partial charge in [0.1, 0.15) is 5.75 Å². The topological polar surface area (TPSA) is 98.3 Å². The molecular formula is C20H29F2IN6O3. The van der Waals surface area contributed by atoms with Crippen molar-refractivity contribution in [2.24, 2.45) is 4.99 Å². The summed E-state index contributed by atoms with van der Waals surface area (Å²) in [5.41, 5.74) is 0.939. The molecule has 9 nitrogen and oxygen atoms in total. The van der Waals surface area contributed by atoms with Crippen LogP contribution in [0.3, 0.4) is 0 Å². The number of nitrogens with zero attached hydrogens (tertiary/aromatic N) is 3. The summed E-state index contributed by atoms with van der Waals surface area (Å²) in [5, 5.41) is 9.09. The number of carbonyl (C=O) groups is 2. The van der Waals surface area contributed by atoms with Gasteiger partial charge in [-0.3, -0.25) is 14.7 Å². The number of ether oxygens (including phenoxy) is 1. The fourth-order valence-corrected chi connectivity index (χ4v) is 3.62. The maximum atomic E-state index is 12.3. The van der Waals surface area contributed by atoms with Crippen LogP contribution in [-0.2, 0) is 4.79 Å². The minimum absolute atomic E-state index is 0. The first-order valence-electron chi connectivity index (χ1n) is 10.4. The third-order valence-corrected chi connectivity index (χ3v) is 5.06. The molecule has 0 spiro atoms. The normalized spacial score (nSPS) is 19.0. The predicted octanol–water partition coefficient (Wildman–Crippen LogP) is 1.98. The lowest BCUT2D eigenvalue weighted by Crippen LogP contribution is -2.51. The summed E-state index contributed by atoms with van der Waals surface area (Å²) in [6.07, 6.45) is 1.93. The first-order chi connectivity index (χ1) is 15.0. The Morgan fingerprint density at radius 3 is 2.69 bits per heavy atom. The standard InChI is InChI=1S/C20H28F2N6O3.HI/c1-2-23-19(24-9-11-28-17(29)12-25-20(28)30)26-14-4-3-10-27(13-14)15-5-7-16(8-6-15)31-18(21)22;/h5-8,14,18H,2-4,9-13H2,1H3,(H,25,30)(H2,23,24,26);1H. The lowest BCUT2D eigenvalue weighted by molar-refractivity contribution is -0.124. The minimum atomic E-state index is -2.84. The summed E-state index contributed by atoms with van der Waals surface area (Å²) in [6, 6.07) is 6.39. The van der Waals surface area contributed by atoms with E-state index in [-0.39, 0.29) is 60.8 Å². The zero-order valence-electron chi connectivity index (χ0n) is 17.9. The second-order valence-corrected chi connectivity index (χ2v) is 7.27. The summed E-state index contributed by atoms with van der Waals surface area (Å²) < 4.78 is 29.1. The van der Waals surface area contributed by atoms with E-state index in [0.29, 0.717) is 19.0 Å². The van der Waals surface area contributed by atoms with Gasteiger partial charge in [0.25, 0.3) is 0 Å². The number of amides is 3. The molecule has 1 atom stereocenters. The number of urea groups is 1. The zero-order chi connectivity index (χ0) is 22.2. The fourth-order valence-electron chi connectivity index (χ4n) is 3.62. The second-order valence-electron chi connectivity index (χ2n) is 7.27. The SMILES string of the molecule is CCNC(=NCCN1C(=O)CNC1=O)NC1CCCN(c2ccc(OC(F)F)cc2)C1.I. The van der Waals surface area contributed by atoms with Crippen LogP contribution >= 0.6 is 24.0 Å². The van der Waals surface area contributed by atoms with Crippen molar-refractivity contribution in [1.29, 1.82) is 0 Å². The molecule has 0 saturated carbocycles. The fraction of sp³-hybridized carbons (Fsp3) is 0.550. The Morgan fingerprint density at radius 2 is 2.06 bits per heavy atom. The number of imide groups is 1. The molecule has 2 aliphatic heterocycles. The van der Waals surface area contributed by atoms with E-state index < -0.39 is 6.61 Å². The van der Waals surface area contributed by atoms with E-state index in [1.807, 2.05) is 6.92 Å². The number of carbonyl (C=O) groups excluding carboxylic acids is 2. The first kappa shape index (κ1) is 25.9. The average Bonchev–Trinajstić information content (AvgIpc) is 3.06. The van der Waals surface area contributed by atoms with Crippen LogP contribution in [0.15, 0.2) is 29.3 Å². The summed E-state index contributed by atoms with van der Waals surface area (Å²) in [4.78, 5) is 31.1. The van der Waals surface area contributed by atoms with E-state index in [9.17, 15) is 18.4 Å². The summed E-state index contributed by atoms with van der Waals surface area (Å²) in [7, 11) is 0.